The van der Waals surface area contributed by atoms with Crippen molar-refractivity contribution in [3.63, 3.8) is 0 Å². The van der Waals surface area contributed by atoms with Gasteiger partial charge in [-0.2, -0.15) is 0 Å². The van der Waals surface area contributed by atoms with Gasteiger partial charge in [0.15, 0.2) is 0 Å². The Balaban J connectivity index is 1.50. The fraction of sp³-hybridized carbons (Fsp3) is 0. The molecule has 2 nitrogen and oxygen atoms in total. The number of fused-ring (bicyclic) bond motifs is 6. The zero-order valence-electron chi connectivity index (χ0n) is 18.5. The maximum Gasteiger partial charge on any atom is 0.145 e. The fourth-order valence-electron chi connectivity index (χ4n) is 5.09. The van der Waals surface area contributed by atoms with E-state index in [0.29, 0.717) is 0 Å². The van der Waals surface area contributed by atoms with Gasteiger partial charge < -0.3 is 9.73 Å². The Bertz CT molecular complexity index is 1830. The predicted molar refractivity (Wildman–Crippen MR) is 144 cm³/mol. The zero-order valence-corrected chi connectivity index (χ0v) is 18.5. The van der Waals surface area contributed by atoms with Crippen LogP contribution in [0.15, 0.2) is 126 Å². The Hall–Kier alpha value is -4.56. The number of hydrogen-bond donors (Lipinski definition) is 1. The summed E-state index contributed by atoms with van der Waals surface area (Å²) in [7, 11) is 0. The lowest BCUT2D eigenvalue weighted by atomic mass is 9.99. The van der Waals surface area contributed by atoms with Crippen LogP contribution in [-0.4, -0.2) is 0 Å². The molecule has 0 aliphatic rings. The molecule has 0 radical (unpaired) electrons. The molecule has 0 fully saturated rings. The summed E-state index contributed by atoms with van der Waals surface area (Å²) in [5, 5.41) is 10.9. The summed E-state index contributed by atoms with van der Waals surface area (Å²) in [4.78, 5) is 0. The van der Waals surface area contributed by atoms with E-state index < -0.39 is 0 Å². The van der Waals surface area contributed by atoms with Gasteiger partial charge in [-0.25, -0.2) is 0 Å². The standard InChI is InChI=1S/C32H21NO/c1-2-9-21(10-3-1)25-19-20-28(31-26-14-6-7-16-29(26)34-32(25)31)33-27-15-8-12-23-18-17-22-11-4-5-13-24(22)30(23)27/h1-20,33H. The first-order valence-corrected chi connectivity index (χ1v) is 11.5. The van der Waals surface area contributed by atoms with Crippen molar-refractivity contribution in [3.05, 3.63) is 121 Å². The first-order valence-electron chi connectivity index (χ1n) is 11.5. The van der Waals surface area contributed by atoms with E-state index in [9.17, 15) is 0 Å². The second kappa shape index (κ2) is 7.50. The van der Waals surface area contributed by atoms with Crippen LogP contribution in [0.5, 0.6) is 0 Å². The number of para-hydroxylation sites is 1. The Morgan fingerprint density at radius 1 is 0.471 bits per heavy atom. The van der Waals surface area contributed by atoms with Gasteiger partial charge >= 0.3 is 0 Å². The molecule has 0 saturated carbocycles. The lowest BCUT2D eigenvalue weighted by molar-refractivity contribution is 0.670. The molecule has 2 heteroatoms. The van der Waals surface area contributed by atoms with E-state index in [1.54, 1.807) is 0 Å². The van der Waals surface area contributed by atoms with Crippen LogP contribution in [0.3, 0.4) is 0 Å². The van der Waals surface area contributed by atoms with Crippen molar-refractivity contribution < 1.29 is 4.42 Å². The first kappa shape index (κ1) is 19.0. The van der Waals surface area contributed by atoms with Crippen molar-refractivity contribution in [2.45, 2.75) is 0 Å². The Morgan fingerprint density at radius 2 is 1.18 bits per heavy atom. The minimum Gasteiger partial charge on any atom is -0.455 e. The summed E-state index contributed by atoms with van der Waals surface area (Å²) in [5.41, 5.74) is 6.18. The van der Waals surface area contributed by atoms with Crippen molar-refractivity contribution in [2.75, 3.05) is 5.32 Å². The van der Waals surface area contributed by atoms with Crippen LogP contribution in [-0.2, 0) is 0 Å². The van der Waals surface area contributed by atoms with E-state index >= 15 is 0 Å². The third kappa shape index (κ3) is 2.89. The molecule has 34 heavy (non-hydrogen) atoms. The van der Waals surface area contributed by atoms with Crippen LogP contribution in [0.25, 0.3) is 54.6 Å². The largest absolute Gasteiger partial charge is 0.455 e. The number of furan rings is 1. The third-order valence-corrected chi connectivity index (χ3v) is 6.65. The average Bonchev–Trinajstić information content (AvgIpc) is 3.29. The monoisotopic (exact) mass is 435 g/mol. The van der Waals surface area contributed by atoms with Gasteiger partial charge in [-0.3, -0.25) is 0 Å². The fourth-order valence-corrected chi connectivity index (χ4v) is 5.09. The van der Waals surface area contributed by atoms with Gasteiger partial charge in [0.1, 0.15) is 11.2 Å². The number of rotatable bonds is 3. The highest BCUT2D eigenvalue weighted by atomic mass is 16.3. The number of hydrogen-bond acceptors (Lipinski definition) is 2. The molecule has 0 unspecified atom stereocenters. The average molecular weight is 436 g/mol. The molecule has 0 aliphatic heterocycles. The van der Waals surface area contributed by atoms with Gasteiger partial charge in [0, 0.05) is 22.0 Å². The van der Waals surface area contributed by atoms with E-state index in [1.165, 1.54) is 21.5 Å². The molecular weight excluding hydrogens is 414 g/mol. The van der Waals surface area contributed by atoms with Crippen LogP contribution in [0.1, 0.15) is 0 Å². The normalized spacial score (nSPS) is 11.5. The van der Waals surface area contributed by atoms with Crippen LogP contribution in [0, 0.1) is 0 Å². The predicted octanol–water partition coefficient (Wildman–Crippen LogP) is 9.30. The van der Waals surface area contributed by atoms with E-state index in [1.807, 2.05) is 18.2 Å². The van der Waals surface area contributed by atoms with Crippen molar-refractivity contribution in [2.24, 2.45) is 0 Å². The van der Waals surface area contributed by atoms with Crippen molar-refractivity contribution in [1.29, 1.82) is 0 Å². The summed E-state index contributed by atoms with van der Waals surface area (Å²) < 4.78 is 6.43. The molecular formula is C32H21NO. The Kier molecular flexibility index (Phi) is 4.18. The van der Waals surface area contributed by atoms with Crippen LogP contribution < -0.4 is 5.32 Å². The molecule has 0 spiro atoms. The van der Waals surface area contributed by atoms with Crippen molar-refractivity contribution in [3.8, 4) is 11.1 Å². The van der Waals surface area contributed by atoms with Gasteiger partial charge in [0.05, 0.1) is 11.1 Å². The van der Waals surface area contributed by atoms with Crippen molar-refractivity contribution >= 4 is 54.9 Å². The molecule has 160 valence electrons. The molecule has 0 aliphatic carbocycles. The molecule has 0 saturated heterocycles. The second-order valence-corrected chi connectivity index (χ2v) is 8.64. The molecule has 7 rings (SSSR count). The van der Waals surface area contributed by atoms with Gasteiger partial charge in [0.2, 0.25) is 0 Å². The topological polar surface area (TPSA) is 25.2 Å². The molecule has 7 aromatic rings. The van der Waals surface area contributed by atoms with E-state index in [2.05, 4.69) is 108 Å². The lowest BCUT2D eigenvalue weighted by Gasteiger charge is -2.14. The number of nitrogens with one attached hydrogen (secondary N) is 1. The molecule has 1 N–H and O–H groups in total. The zero-order chi connectivity index (χ0) is 22.5. The maximum absolute atomic E-state index is 6.43. The van der Waals surface area contributed by atoms with E-state index in [4.69, 9.17) is 4.42 Å². The molecule has 1 heterocycles. The molecule has 6 aromatic carbocycles. The number of benzene rings is 6. The highest BCUT2D eigenvalue weighted by Crippen LogP contribution is 2.42. The first-order chi connectivity index (χ1) is 16.9. The second-order valence-electron chi connectivity index (χ2n) is 8.64. The third-order valence-electron chi connectivity index (χ3n) is 6.65. The minimum atomic E-state index is 0.896. The van der Waals surface area contributed by atoms with E-state index in [0.717, 1.165) is 44.4 Å². The minimum absolute atomic E-state index is 0.896. The molecule has 0 amide bonds. The summed E-state index contributed by atoms with van der Waals surface area (Å²) in [6.07, 6.45) is 0. The Labute approximate surface area is 197 Å². The lowest BCUT2D eigenvalue weighted by Crippen LogP contribution is -1.94. The van der Waals surface area contributed by atoms with Crippen LogP contribution in [0.2, 0.25) is 0 Å². The Morgan fingerprint density at radius 3 is 2.09 bits per heavy atom. The van der Waals surface area contributed by atoms with Gasteiger partial charge in [0.25, 0.3) is 0 Å². The maximum atomic E-state index is 6.43. The number of anilines is 2. The quantitative estimate of drug-likeness (QED) is 0.280. The summed E-state index contributed by atoms with van der Waals surface area (Å²) in [6, 6.07) is 42.5. The van der Waals surface area contributed by atoms with Gasteiger partial charge in [-0.1, -0.05) is 97.1 Å². The highest BCUT2D eigenvalue weighted by molar-refractivity contribution is 6.18. The SMILES string of the molecule is c1ccc(-c2ccc(Nc3cccc4ccc5ccccc5c34)c3c2oc2ccccc23)cc1. The summed E-state index contributed by atoms with van der Waals surface area (Å²) in [5.74, 6) is 0. The summed E-state index contributed by atoms with van der Waals surface area (Å²) in [6.45, 7) is 0. The van der Waals surface area contributed by atoms with Gasteiger partial charge in [-0.15, -0.1) is 0 Å². The highest BCUT2D eigenvalue weighted by Gasteiger charge is 2.17. The van der Waals surface area contributed by atoms with Gasteiger partial charge in [-0.05, 0) is 46.0 Å². The molecule has 0 atom stereocenters. The summed E-state index contributed by atoms with van der Waals surface area (Å²) >= 11 is 0. The smallest absolute Gasteiger partial charge is 0.145 e. The van der Waals surface area contributed by atoms with E-state index in [-0.39, 0.29) is 0 Å². The van der Waals surface area contributed by atoms with Crippen LogP contribution >= 0.6 is 0 Å². The molecule has 1 aromatic heterocycles. The van der Waals surface area contributed by atoms with Crippen molar-refractivity contribution in [1.82, 2.24) is 0 Å². The van der Waals surface area contributed by atoms with Crippen LogP contribution in [0.4, 0.5) is 11.4 Å². The molecule has 0 bridgehead atoms.